The highest BCUT2D eigenvalue weighted by Gasteiger charge is 2.25. The van der Waals surface area contributed by atoms with Crippen LogP contribution in [0, 0.1) is 6.92 Å². The minimum atomic E-state index is -0.538. The molecule has 156 valence electrons. The lowest BCUT2D eigenvalue weighted by atomic mass is 10.1. The number of esters is 1. The fourth-order valence-corrected chi connectivity index (χ4v) is 3.82. The first-order valence-corrected chi connectivity index (χ1v) is 10.3. The van der Waals surface area contributed by atoms with Gasteiger partial charge in [0.05, 0.1) is 18.5 Å². The van der Waals surface area contributed by atoms with E-state index in [1.807, 2.05) is 31.2 Å². The second-order valence-corrected chi connectivity index (χ2v) is 7.65. The van der Waals surface area contributed by atoms with Gasteiger partial charge in [-0.25, -0.2) is 14.8 Å². The van der Waals surface area contributed by atoms with Gasteiger partial charge in [0.2, 0.25) is 11.8 Å². The monoisotopic (exact) mass is 433 g/mol. The highest BCUT2D eigenvalue weighted by Crippen LogP contribution is 2.31. The third-order valence-electron chi connectivity index (χ3n) is 4.55. The highest BCUT2D eigenvalue weighted by atomic mass is 32.1. The topological polar surface area (TPSA) is 81.1 Å². The van der Waals surface area contributed by atoms with Crippen molar-refractivity contribution in [1.29, 1.82) is 0 Å². The SMILES string of the molecule is COc1ccc(N(C(C)=O)c2nc(/C=C3\N=C(c4ccc(C)cc4)OC3=O)cs2)cc1. The molecule has 0 aliphatic carbocycles. The van der Waals surface area contributed by atoms with Crippen molar-refractivity contribution in [3.8, 4) is 5.75 Å². The molecule has 0 radical (unpaired) electrons. The van der Waals surface area contributed by atoms with E-state index < -0.39 is 5.97 Å². The molecule has 0 fully saturated rings. The van der Waals surface area contributed by atoms with Gasteiger partial charge in [0.25, 0.3) is 0 Å². The van der Waals surface area contributed by atoms with Crippen molar-refractivity contribution >= 4 is 46.0 Å². The van der Waals surface area contributed by atoms with E-state index in [-0.39, 0.29) is 17.5 Å². The Bertz CT molecular complexity index is 1190. The molecule has 3 aromatic rings. The summed E-state index contributed by atoms with van der Waals surface area (Å²) in [4.78, 5) is 34.8. The maximum Gasteiger partial charge on any atom is 0.363 e. The number of anilines is 2. The van der Waals surface area contributed by atoms with E-state index in [9.17, 15) is 9.59 Å². The summed E-state index contributed by atoms with van der Waals surface area (Å²) in [7, 11) is 1.58. The zero-order valence-electron chi connectivity index (χ0n) is 17.2. The van der Waals surface area contributed by atoms with E-state index in [4.69, 9.17) is 9.47 Å². The number of rotatable bonds is 5. The second-order valence-electron chi connectivity index (χ2n) is 6.81. The van der Waals surface area contributed by atoms with Crippen LogP contribution < -0.4 is 9.64 Å². The van der Waals surface area contributed by atoms with Gasteiger partial charge in [-0.2, -0.15) is 0 Å². The Morgan fingerprint density at radius 2 is 1.84 bits per heavy atom. The fourth-order valence-electron chi connectivity index (χ4n) is 2.97. The molecule has 2 heterocycles. The number of benzene rings is 2. The lowest BCUT2D eigenvalue weighted by Gasteiger charge is -2.18. The Labute approximate surface area is 183 Å². The third kappa shape index (κ3) is 4.39. The van der Waals surface area contributed by atoms with Gasteiger partial charge in [-0.15, -0.1) is 11.3 Å². The minimum absolute atomic E-state index is 0.159. The van der Waals surface area contributed by atoms with Crippen LogP contribution in [-0.4, -0.2) is 29.9 Å². The summed E-state index contributed by atoms with van der Waals surface area (Å²) in [5.74, 6) is 0.233. The second kappa shape index (κ2) is 8.53. The lowest BCUT2D eigenvalue weighted by molar-refractivity contribution is -0.130. The van der Waals surface area contributed by atoms with Crippen molar-refractivity contribution in [2.24, 2.45) is 4.99 Å². The first-order valence-electron chi connectivity index (χ1n) is 9.44. The lowest BCUT2D eigenvalue weighted by Crippen LogP contribution is -2.22. The number of aromatic nitrogens is 1. The van der Waals surface area contributed by atoms with Gasteiger partial charge in [-0.1, -0.05) is 17.7 Å². The average Bonchev–Trinajstić information content (AvgIpc) is 3.36. The number of carbonyl (C=O) groups is 2. The number of hydrogen-bond acceptors (Lipinski definition) is 7. The van der Waals surface area contributed by atoms with Crippen LogP contribution in [0.15, 0.2) is 64.6 Å². The standard InChI is InChI=1S/C23H19N3O4S/c1-14-4-6-16(7-5-14)21-25-20(22(28)30-21)12-17-13-31-23(24-17)26(15(2)27)18-8-10-19(29-3)11-9-18/h4-13H,1-3H3/b20-12-. The van der Waals surface area contributed by atoms with Gasteiger partial charge < -0.3 is 9.47 Å². The number of ether oxygens (including phenoxy) is 2. The Morgan fingerprint density at radius 3 is 2.48 bits per heavy atom. The number of cyclic esters (lactones) is 1. The molecule has 0 saturated carbocycles. The summed E-state index contributed by atoms with van der Waals surface area (Å²) in [6.45, 7) is 3.45. The van der Waals surface area contributed by atoms with Crippen molar-refractivity contribution in [1.82, 2.24) is 4.98 Å². The maximum atomic E-state index is 12.3. The van der Waals surface area contributed by atoms with E-state index >= 15 is 0 Å². The molecular weight excluding hydrogens is 414 g/mol. The molecule has 7 nitrogen and oxygen atoms in total. The number of methoxy groups -OCH3 is 1. The van der Waals surface area contributed by atoms with E-state index in [0.29, 0.717) is 22.3 Å². The summed E-state index contributed by atoms with van der Waals surface area (Å²) >= 11 is 1.29. The van der Waals surface area contributed by atoms with Crippen LogP contribution in [0.1, 0.15) is 23.7 Å². The summed E-state index contributed by atoms with van der Waals surface area (Å²) in [5, 5.41) is 2.24. The molecule has 1 aliphatic rings. The summed E-state index contributed by atoms with van der Waals surface area (Å²) in [6, 6.07) is 14.7. The smallest absolute Gasteiger partial charge is 0.363 e. The summed E-state index contributed by atoms with van der Waals surface area (Å²) in [6.07, 6.45) is 1.55. The van der Waals surface area contributed by atoms with Gasteiger partial charge in [-0.05, 0) is 49.4 Å². The molecule has 4 rings (SSSR count). The summed E-state index contributed by atoms with van der Waals surface area (Å²) < 4.78 is 10.5. The quantitative estimate of drug-likeness (QED) is 0.437. The van der Waals surface area contributed by atoms with Gasteiger partial charge in [0.15, 0.2) is 10.8 Å². The van der Waals surface area contributed by atoms with Gasteiger partial charge in [-0.3, -0.25) is 9.69 Å². The molecular formula is C23H19N3O4S. The van der Waals surface area contributed by atoms with E-state index in [1.165, 1.54) is 23.2 Å². The molecule has 31 heavy (non-hydrogen) atoms. The zero-order chi connectivity index (χ0) is 22.0. The zero-order valence-corrected chi connectivity index (χ0v) is 18.0. The average molecular weight is 433 g/mol. The van der Waals surface area contributed by atoms with Crippen LogP contribution >= 0.6 is 11.3 Å². The molecule has 8 heteroatoms. The predicted octanol–water partition coefficient (Wildman–Crippen LogP) is 4.49. The number of thiazole rings is 1. The first-order chi connectivity index (χ1) is 14.9. The van der Waals surface area contributed by atoms with Crippen molar-refractivity contribution in [2.45, 2.75) is 13.8 Å². The molecule has 0 bridgehead atoms. The molecule has 2 aromatic carbocycles. The van der Waals surface area contributed by atoms with Crippen molar-refractivity contribution in [2.75, 3.05) is 12.0 Å². The van der Waals surface area contributed by atoms with E-state index in [2.05, 4.69) is 9.98 Å². The van der Waals surface area contributed by atoms with E-state index in [1.54, 1.807) is 42.8 Å². The molecule has 0 N–H and O–H groups in total. The number of carbonyl (C=O) groups excluding carboxylic acids is 2. The number of nitrogens with zero attached hydrogens (tertiary/aromatic N) is 3. The van der Waals surface area contributed by atoms with Crippen LogP contribution in [-0.2, 0) is 14.3 Å². The highest BCUT2D eigenvalue weighted by molar-refractivity contribution is 7.14. The number of aliphatic imine (C=N–C) groups is 1. The molecule has 0 saturated heterocycles. The maximum absolute atomic E-state index is 12.3. The predicted molar refractivity (Wildman–Crippen MR) is 120 cm³/mol. The van der Waals surface area contributed by atoms with Gasteiger partial charge in [0.1, 0.15) is 5.75 Å². The summed E-state index contributed by atoms with van der Waals surface area (Å²) in [5.41, 5.74) is 3.17. The number of amides is 1. The third-order valence-corrected chi connectivity index (χ3v) is 5.39. The Morgan fingerprint density at radius 1 is 1.13 bits per heavy atom. The molecule has 0 spiro atoms. The fraction of sp³-hybridized carbons (Fsp3) is 0.130. The van der Waals surface area contributed by atoms with E-state index in [0.717, 1.165) is 11.1 Å². The van der Waals surface area contributed by atoms with Crippen molar-refractivity contribution in [3.05, 3.63) is 76.4 Å². The molecule has 0 unspecified atom stereocenters. The van der Waals surface area contributed by atoms with Crippen LogP contribution in [0.25, 0.3) is 6.08 Å². The normalized spacial score (nSPS) is 14.4. The Kier molecular flexibility index (Phi) is 5.64. The minimum Gasteiger partial charge on any atom is -0.497 e. The van der Waals surface area contributed by atoms with Crippen LogP contribution in [0.2, 0.25) is 0 Å². The first kappa shape index (κ1) is 20.5. The Balaban J connectivity index is 1.61. The van der Waals surface area contributed by atoms with Crippen LogP contribution in [0.5, 0.6) is 5.75 Å². The number of aryl methyl sites for hydroxylation is 1. The van der Waals surface area contributed by atoms with Gasteiger partial charge in [0, 0.05) is 17.9 Å². The molecule has 1 aromatic heterocycles. The largest absolute Gasteiger partial charge is 0.497 e. The molecule has 1 aliphatic heterocycles. The van der Waals surface area contributed by atoms with Crippen molar-refractivity contribution in [3.63, 3.8) is 0 Å². The Hall–Kier alpha value is -3.78. The molecule has 1 amide bonds. The van der Waals surface area contributed by atoms with Crippen LogP contribution in [0.3, 0.4) is 0 Å². The number of hydrogen-bond donors (Lipinski definition) is 0. The molecule has 0 atom stereocenters. The van der Waals surface area contributed by atoms with Crippen molar-refractivity contribution < 1.29 is 19.1 Å². The van der Waals surface area contributed by atoms with Crippen LogP contribution in [0.4, 0.5) is 10.8 Å². The van der Waals surface area contributed by atoms with Gasteiger partial charge >= 0.3 is 5.97 Å².